The van der Waals surface area contributed by atoms with Crippen molar-refractivity contribution in [3.63, 3.8) is 0 Å². The van der Waals surface area contributed by atoms with Crippen molar-refractivity contribution >= 4 is 18.0 Å². The molecule has 2 amide bonds. The van der Waals surface area contributed by atoms with Crippen molar-refractivity contribution < 1.29 is 29.0 Å². The third kappa shape index (κ3) is 5.33. The number of ether oxygens (including phenoxy) is 2. The molecule has 1 unspecified atom stereocenters. The Bertz CT molecular complexity index is 1170. The molecule has 0 heterocycles. The molecule has 3 N–H and O–H groups in total. The zero-order valence-corrected chi connectivity index (χ0v) is 19.1. The Morgan fingerprint density at radius 3 is 2.03 bits per heavy atom. The molecule has 0 spiro atoms. The SMILES string of the molecule is COC(CNC(=O)[C@@H](NC(=O)OCC1c2ccccc2-c2ccccc21)c1ccccc1)C(=O)O. The fourth-order valence-electron chi connectivity index (χ4n) is 4.27. The van der Waals surface area contributed by atoms with Gasteiger partial charge in [-0.25, -0.2) is 9.59 Å². The number of carbonyl (C=O) groups excluding carboxylic acids is 2. The summed E-state index contributed by atoms with van der Waals surface area (Å²) in [7, 11) is 1.24. The van der Waals surface area contributed by atoms with Crippen LogP contribution in [-0.2, 0) is 19.1 Å². The van der Waals surface area contributed by atoms with E-state index in [9.17, 15) is 14.4 Å². The van der Waals surface area contributed by atoms with Gasteiger partial charge in [0, 0.05) is 13.0 Å². The number of methoxy groups -OCH3 is 1. The minimum absolute atomic E-state index is 0.105. The molecule has 0 aromatic heterocycles. The molecule has 180 valence electrons. The van der Waals surface area contributed by atoms with Gasteiger partial charge >= 0.3 is 12.1 Å². The van der Waals surface area contributed by atoms with Crippen LogP contribution in [0.5, 0.6) is 0 Å². The molecule has 8 nitrogen and oxygen atoms in total. The number of nitrogens with one attached hydrogen (secondary N) is 2. The van der Waals surface area contributed by atoms with E-state index in [2.05, 4.69) is 22.8 Å². The van der Waals surface area contributed by atoms with Crippen molar-refractivity contribution in [2.75, 3.05) is 20.3 Å². The molecule has 0 fully saturated rings. The normalized spacial score (nSPS) is 13.7. The molecule has 0 saturated heterocycles. The van der Waals surface area contributed by atoms with Crippen LogP contribution in [0.3, 0.4) is 0 Å². The maximum Gasteiger partial charge on any atom is 0.408 e. The van der Waals surface area contributed by atoms with Gasteiger partial charge in [-0.05, 0) is 27.8 Å². The molecule has 0 radical (unpaired) electrons. The predicted octanol–water partition coefficient (Wildman–Crippen LogP) is 3.48. The van der Waals surface area contributed by atoms with Crippen molar-refractivity contribution in [2.45, 2.75) is 18.1 Å². The van der Waals surface area contributed by atoms with Gasteiger partial charge in [0.1, 0.15) is 12.6 Å². The summed E-state index contributed by atoms with van der Waals surface area (Å²) in [6.07, 6.45) is -1.96. The van der Waals surface area contributed by atoms with Crippen LogP contribution < -0.4 is 10.6 Å². The number of aliphatic carboxylic acids is 1. The van der Waals surface area contributed by atoms with E-state index in [1.54, 1.807) is 30.3 Å². The minimum atomic E-state index is -1.20. The lowest BCUT2D eigenvalue weighted by atomic mass is 9.98. The monoisotopic (exact) mass is 474 g/mol. The van der Waals surface area contributed by atoms with E-state index in [1.165, 1.54) is 7.11 Å². The van der Waals surface area contributed by atoms with Gasteiger partial charge in [-0.1, -0.05) is 78.9 Å². The summed E-state index contributed by atoms with van der Waals surface area (Å²) in [5, 5.41) is 14.3. The van der Waals surface area contributed by atoms with Crippen molar-refractivity contribution in [1.82, 2.24) is 10.6 Å². The van der Waals surface area contributed by atoms with Crippen LogP contribution in [0.2, 0.25) is 0 Å². The van der Waals surface area contributed by atoms with Gasteiger partial charge < -0.3 is 25.2 Å². The Kier molecular flexibility index (Phi) is 7.42. The van der Waals surface area contributed by atoms with Crippen LogP contribution in [0.25, 0.3) is 11.1 Å². The first-order valence-corrected chi connectivity index (χ1v) is 11.2. The molecule has 4 rings (SSSR count). The number of alkyl carbamates (subject to hydrolysis) is 1. The maximum atomic E-state index is 12.9. The lowest BCUT2D eigenvalue weighted by Crippen LogP contribution is -2.44. The van der Waals surface area contributed by atoms with Crippen LogP contribution in [0, 0.1) is 0 Å². The number of amides is 2. The topological polar surface area (TPSA) is 114 Å². The molecule has 0 bridgehead atoms. The quantitative estimate of drug-likeness (QED) is 0.438. The number of carboxylic acid groups (broad SMARTS) is 1. The second kappa shape index (κ2) is 10.8. The smallest absolute Gasteiger partial charge is 0.408 e. The van der Waals surface area contributed by atoms with Crippen LogP contribution in [0.1, 0.15) is 28.7 Å². The molecule has 0 saturated carbocycles. The fourth-order valence-corrected chi connectivity index (χ4v) is 4.27. The largest absolute Gasteiger partial charge is 0.479 e. The first-order chi connectivity index (χ1) is 17.0. The molecule has 8 heteroatoms. The van der Waals surface area contributed by atoms with Gasteiger partial charge in [-0.2, -0.15) is 0 Å². The summed E-state index contributed by atoms with van der Waals surface area (Å²) >= 11 is 0. The Hall–Kier alpha value is -4.17. The van der Waals surface area contributed by atoms with Gasteiger partial charge in [0.05, 0.1) is 6.54 Å². The predicted molar refractivity (Wildman–Crippen MR) is 129 cm³/mol. The van der Waals surface area contributed by atoms with Crippen LogP contribution >= 0.6 is 0 Å². The summed E-state index contributed by atoms with van der Waals surface area (Å²) in [6.45, 7) is -0.145. The van der Waals surface area contributed by atoms with Gasteiger partial charge in [0.15, 0.2) is 6.10 Å². The maximum absolute atomic E-state index is 12.9. The van der Waals surface area contributed by atoms with Crippen molar-refractivity contribution in [2.24, 2.45) is 0 Å². The van der Waals surface area contributed by atoms with E-state index in [0.717, 1.165) is 22.3 Å². The number of carbonyl (C=O) groups is 3. The molecule has 3 aromatic rings. The lowest BCUT2D eigenvalue weighted by molar-refractivity contribution is -0.148. The number of fused-ring (bicyclic) bond motifs is 3. The third-order valence-electron chi connectivity index (χ3n) is 6.02. The number of hydrogen-bond donors (Lipinski definition) is 3. The molecule has 1 aliphatic carbocycles. The Balaban J connectivity index is 1.45. The lowest BCUT2D eigenvalue weighted by Gasteiger charge is -2.21. The third-order valence-corrected chi connectivity index (χ3v) is 6.02. The first kappa shape index (κ1) is 24.0. The molecular formula is C27H26N2O6. The van der Waals surface area contributed by atoms with Crippen molar-refractivity contribution in [1.29, 1.82) is 0 Å². The Morgan fingerprint density at radius 2 is 1.46 bits per heavy atom. The molecular weight excluding hydrogens is 448 g/mol. The molecule has 2 atom stereocenters. The van der Waals surface area contributed by atoms with Gasteiger partial charge in [0.25, 0.3) is 0 Å². The zero-order chi connectivity index (χ0) is 24.8. The van der Waals surface area contributed by atoms with E-state index in [-0.39, 0.29) is 19.1 Å². The van der Waals surface area contributed by atoms with E-state index < -0.39 is 30.1 Å². The summed E-state index contributed by atoms with van der Waals surface area (Å²) in [5.41, 5.74) is 4.92. The van der Waals surface area contributed by atoms with E-state index >= 15 is 0 Å². The summed E-state index contributed by atoms with van der Waals surface area (Å²) in [5.74, 6) is -1.89. The zero-order valence-electron chi connectivity index (χ0n) is 19.1. The van der Waals surface area contributed by atoms with Crippen LogP contribution in [-0.4, -0.2) is 49.4 Å². The Morgan fingerprint density at radius 1 is 0.886 bits per heavy atom. The molecule has 1 aliphatic rings. The molecule has 35 heavy (non-hydrogen) atoms. The molecule has 0 aliphatic heterocycles. The van der Waals surface area contributed by atoms with E-state index in [0.29, 0.717) is 5.56 Å². The number of benzene rings is 3. The fraction of sp³-hybridized carbons (Fsp3) is 0.222. The highest BCUT2D eigenvalue weighted by Gasteiger charge is 2.30. The number of rotatable bonds is 9. The summed E-state index contributed by atoms with van der Waals surface area (Å²) in [4.78, 5) is 36.8. The first-order valence-electron chi connectivity index (χ1n) is 11.2. The average molecular weight is 475 g/mol. The summed E-state index contributed by atoms with van der Waals surface area (Å²) < 4.78 is 10.4. The highest BCUT2D eigenvalue weighted by Crippen LogP contribution is 2.44. The van der Waals surface area contributed by atoms with E-state index in [4.69, 9.17) is 14.6 Å². The average Bonchev–Trinajstić information content (AvgIpc) is 3.20. The van der Waals surface area contributed by atoms with Gasteiger partial charge in [0.2, 0.25) is 5.91 Å². The van der Waals surface area contributed by atoms with Crippen molar-refractivity contribution in [3.8, 4) is 11.1 Å². The highest BCUT2D eigenvalue weighted by atomic mass is 16.5. The summed E-state index contributed by atoms with van der Waals surface area (Å²) in [6, 6.07) is 23.6. The van der Waals surface area contributed by atoms with Crippen LogP contribution in [0.4, 0.5) is 4.79 Å². The van der Waals surface area contributed by atoms with Crippen LogP contribution in [0.15, 0.2) is 78.9 Å². The van der Waals surface area contributed by atoms with Crippen molar-refractivity contribution in [3.05, 3.63) is 95.6 Å². The second-order valence-corrected chi connectivity index (χ2v) is 8.12. The van der Waals surface area contributed by atoms with Gasteiger partial charge in [-0.15, -0.1) is 0 Å². The minimum Gasteiger partial charge on any atom is -0.479 e. The number of hydrogen-bond acceptors (Lipinski definition) is 5. The van der Waals surface area contributed by atoms with Gasteiger partial charge in [-0.3, -0.25) is 4.79 Å². The Labute approximate surface area is 202 Å². The van der Waals surface area contributed by atoms with E-state index in [1.807, 2.05) is 36.4 Å². The number of carboxylic acids is 1. The highest BCUT2D eigenvalue weighted by molar-refractivity contribution is 5.87. The standard InChI is InChI=1S/C27H26N2O6/c1-34-23(26(31)32)15-28-25(30)24(17-9-3-2-4-10-17)29-27(33)35-16-22-20-13-7-5-11-18(20)19-12-6-8-14-21(19)22/h2-14,22-24H,15-16H2,1H3,(H,28,30)(H,29,33)(H,31,32)/t23?,24-/m0/s1. The molecule has 3 aromatic carbocycles. The second-order valence-electron chi connectivity index (χ2n) is 8.12.